The van der Waals surface area contributed by atoms with E-state index >= 15 is 4.79 Å². The number of esters is 2. The summed E-state index contributed by atoms with van der Waals surface area (Å²) in [4.78, 5) is 40.4. The lowest BCUT2D eigenvalue weighted by atomic mass is 9.44. The van der Waals surface area contributed by atoms with Gasteiger partial charge in [0.25, 0.3) is 0 Å². The van der Waals surface area contributed by atoms with Crippen LogP contribution >= 0.6 is 0 Å². The molecule has 3 fully saturated rings. The topological polar surface area (TPSA) is 108 Å². The third-order valence-electron chi connectivity index (χ3n) is 11.5. The highest BCUT2D eigenvalue weighted by Gasteiger charge is 2.74. The summed E-state index contributed by atoms with van der Waals surface area (Å²) in [6, 6.07) is 2.75. The minimum atomic E-state index is -2.20. The maximum atomic E-state index is 15.2. The fourth-order valence-corrected chi connectivity index (χ4v) is 12.2. The zero-order valence-corrected chi connectivity index (χ0v) is 27.1. The van der Waals surface area contributed by atoms with Crippen molar-refractivity contribution in [3.05, 3.63) is 11.1 Å². The summed E-state index contributed by atoms with van der Waals surface area (Å²) >= 11 is 0. The summed E-state index contributed by atoms with van der Waals surface area (Å²) in [5.41, 5.74) is -1.29. The number of Topliss-reactive ketones (excluding diaryl/α,β-unsaturated/α-hetero) is 1. The minimum absolute atomic E-state index is 0.0744. The molecule has 40 heavy (non-hydrogen) atoms. The first-order valence-corrected chi connectivity index (χ1v) is 17.7. The van der Waals surface area contributed by atoms with Gasteiger partial charge in [0.1, 0.15) is 6.10 Å². The van der Waals surface area contributed by atoms with E-state index in [-0.39, 0.29) is 24.2 Å². The molecule has 2 bridgehead atoms. The maximum Gasteiger partial charge on any atom is 0.303 e. The minimum Gasteiger partial charge on any atom is -0.454 e. The molecule has 0 spiro atoms. The SMILES string of the molecule is CC[Si](CC)(CC)OC1CC2OCC2(OC(C)=O)C2C(C)C3CC(O)C(C)=C(C(OC(C)=O)C(=O)[C@]12C)C3(C)C. The van der Waals surface area contributed by atoms with Gasteiger partial charge in [0.2, 0.25) is 0 Å². The Bertz CT molecular complexity index is 1070. The number of ketones is 1. The van der Waals surface area contributed by atoms with Crippen LogP contribution < -0.4 is 0 Å². The Morgan fingerprint density at radius 1 is 1.05 bits per heavy atom. The van der Waals surface area contributed by atoms with Crippen LogP contribution in [0.3, 0.4) is 0 Å². The highest BCUT2D eigenvalue weighted by Crippen LogP contribution is 2.65. The molecule has 8 nitrogen and oxygen atoms in total. The Labute approximate surface area is 240 Å². The van der Waals surface area contributed by atoms with Crippen molar-refractivity contribution in [2.75, 3.05) is 6.61 Å². The molecule has 0 aromatic heterocycles. The van der Waals surface area contributed by atoms with Crippen LogP contribution in [-0.4, -0.2) is 67.8 Å². The summed E-state index contributed by atoms with van der Waals surface area (Å²) in [5.74, 6) is -1.87. The molecule has 4 aliphatic rings. The molecule has 1 N–H and O–H groups in total. The summed E-state index contributed by atoms with van der Waals surface area (Å²) in [5, 5.41) is 11.3. The van der Waals surface area contributed by atoms with Crippen LogP contribution in [0.15, 0.2) is 11.1 Å². The number of fused-ring (bicyclic) bond motifs is 5. The Kier molecular flexibility index (Phi) is 8.33. The first kappa shape index (κ1) is 31.4. The lowest BCUT2D eigenvalue weighted by molar-refractivity contribution is -0.328. The van der Waals surface area contributed by atoms with Crippen molar-refractivity contribution in [1.29, 1.82) is 0 Å². The highest BCUT2D eigenvalue weighted by molar-refractivity contribution is 6.73. The normalized spacial score (nSPS) is 40.7. The predicted molar refractivity (Wildman–Crippen MR) is 153 cm³/mol. The first-order valence-electron chi connectivity index (χ1n) is 15.2. The van der Waals surface area contributed by atoms with Gasteiger partial charge < -0.3 is 23.7 Å². The van der Waals surface area contributed by atoms with Gasteiger partial charge in [-0.2, -0.15) is 0 Å². The number of aliphatic hydroxyl groups excluding tert-OH is 1. The van der Waals surface area contributed by atoms with Crippen LogP contribution in [0.2, 0.25) is 18.1 Å². The molecule has 1 heterocycles. The van der Waals surface area contributed by atoms with Crippen molar-refractivity contribution < 1.29 is 38.1 Å². The second-order valence-electron chi connectivity index (χ2n) is 13.6. The lowest BCUT2D eigenvalue weighted by Crippen LogP contribution is -2.78. The molecule has 4 rings (SSSR count). The molecule has 8 unspecified atom stereocenters. The third-order valence-corrected chi connectivity index (χ3v) is 16.1. The molecule has 0 aromatic rings. The summed E-state index contributed by atoms with van der Waals surface area (Å²) < 4.78 is 25.5. The molecule has 1 saturated heterocycles. The number of hydrogen-bond donors (Lipinski definition) is 1. The van der Waals surface area contributed by atoms with Crippen LogP contribution in [0.25, 0.3) is 0 Å². The fourth-order valence-electron chi connectivity index (χ4n) is 9.21. The Hall–Kier alpha value is -1.55. The molecule has 0 amide bonds. The number of rotatable bonds is 7. The van der Waals surface area contributed by atoms with E-state index in [0.717, 1.165) is 18.1 Å². The zero-order valence-electron chi connectivity index (χ0n) is 26.1. The van der Waals surface area contributed by atoms with Crippen LogP contribution in [0.4, 0.5) is 0 Å². The van der Waals surface area contributed by atoms with Gasteiger partial charge in [-0.1, -0.05) is 41.5 Å². The molecule has 9 atom stereocenters. The van der Waals surface area contributed by atoms with Gasteiger partial charge in [0.05, 0.1) is 24.2 Å². The standard InChI is InChI=1S/C31H50O8Si/c1-11-40(12-2,13-3)39-23-15-24-31(16-36-24,38-20(7)33)27-17(4)21-14-22(34)18(5)25(29(21,8)9)26(37-19(6)32)28(35)30(23,27)10/h17,21-24,26-27,34H,11-16H2,1-10H3/t17?,21?,22?,23?,24?,26?,27?,30-,31?/m1/s1. The molecule has 2 saturated carbocycles. The van der Waals surface area contributed by atoms with Crippen LogP contribution in [-0.2, 0) is 33.0 Å². The summed E-state index contributed by atoms with van der Waals surface area (Å²) in [6.45, 7) is 19.5. The number of hydrogen-bond acceptors (Lipinski definition) is 8. The van der Waals surface area contributed by atoms with Gasteiger partial charge >= 0.3 is 11.9 Å². The number of carbonyl (C=O) groups is 3. The smallest absolute Gasteiger partial charge is 0.303 e. The van der Waals surface area contributed by atoms with Crippen LogP contribution in [0.5, 0.6) is 0 Å². The molecular formula is C31H50O8Si. The third kappa shape index (κ3) is 4.45. The number of ether oxygens (including phenoxy) is 3. The second-order valence-corrected chi connectivity index (χ2v) is 18.3. The number of aliphatic hydroxyl groups is 1. The Balaban J connectivity index is 2.03. The van der Waals surface area contributed by atoms with Crippen molar-refractivity contribution in [3.8, 4) is 0 Å². The Morgan fingerprint density at radius 3 is 2.12 bits per heavy atom. The van der Waals surface area contributed by atoms with Gasteiger partial charge in [-0.05, 0) is 66.8 Å². The molecule has 0 radical (unpaired) electrons. The zero-order chi connectivity index (χ0) is 30.0. The van der Waals surface area contributed by atoms with E-state index in [4.69, 9.17) is 18.6 Å². The van der Waals surface area contributed by atoms with E-state index in [0.29, 0.717) is 24.0 Å². The summed E-state index contributed by atoms with van der Waals surface area (Å²) in [7, 11) is -2.20. The van der Waals surface area contributed by atoms with Crippen molar-refractivity contribution in [2.45, 2.75) is 130 Å². The predicted octanol–water partition coefficient (Wildman–Crippen LogP) is 4.98. The van der Waals surface area contributed by atoms with Gasteiger partial charge in [0, 0.05) is 26.2 Å². The first-order chi connectivity index (χ1) is 18.6. The van der Waals surface area contributed by atoms with Crippen molar-refractivity contribution in [1.82, 2.24) is 0 Å². The monoisotopic (exact) mass is 578 g/mol. The molecule has 3 aliphatic carbocycles. The molecule has 9 heteroatoms. The van der Waals surface area contributed by atoms with Gasteiger partial charge in [0.15, 0.2) is 25.8 Å². The van der Waals surface area contributed by atoms with Gasteiger partial charge in [-0.15, -0.1) is 0 Å². The van der Waals surface area contributed by atoms with Gasteiger partial charge in [-0.25, -0.2) is 0 Å². The second kappa shape index (κ2) is 10.6. The molecule has 0 aromatic carbocycles. The lowest BCUT2D eigenvalue weighted by Gasteiger charge is -2.67. The highest BCUT2D eigenvalue weighted by atomic mass is 28.4. The molecular weight excluding hydrogens is 528 g/mol. The number of carbonyl (C=O) groups excluding carboxylic acids is 3. The average molecular weight is 579 g/mol. The van der Waals surface area contributed by atoms with E-state index in [2.05, 4.69) is 41.5 Å². The van der Waals surface area contributed by atoms with E-state index in [1.54, 1.807) is 0 Å². The van der Waals surface area contributed by atoms with Crippen LogP contribution in [0.1, 0.15) is 82.1 Å². The average Bonchev–Trinajstić information content (AvgIpc) is 2.87. The van der Waals surface area contributed by atoms with E-state index < -0.39 is 67.0 Å². The van der Waals surface area contributed by atoms with Crippen LogP contribution in [0, 0.1) is 28.6 Å². The van der Waals surface area contributed by atoms with E-state index in [1.165, 1.54) is 13.8 Å². The fraction of sp³-hybridized carbons (Fsp3) is 0.839. The van der Waals surface area contributed by atoms with Crippen molar-refractivity contribution >= 4 is 26.0 Å². The van der Waals surface area contributed by atoms with Crippen molar-refractivity contribution in [2.24, 2.45) is 28.6 Å². The Morgan fingerprint density at radius 2 is 1.65 bits per heavy atom. The maximum absolute atomic E-state index is 15.2. The largest absolute Gasteiger partial charge is 0.454 e. The quantitative estimate of drug-likeness (QED) is 0.256. The van der Waals surface area contributed by atoms with Gasteiger partial charge in [-0.3, -0.25) is 14.4 Å². The summed E-state index contributed by atoms with van der Waals surface area (Å²) in [6.07, 6.45) is -1.88. The van der Waals surface area contributed by atoms with E-state index in [9.17, 15) is 14.7 Å². The van der Waals surface area contributed by atoms with E-state index in [1.807, 2.05) is 13.8 Å². The van der Waals surface area contributed by atoms with Crippen molar-refractivity contribution in [3.63, 3.8) is 0 Å². The molecule has 226 valence electrons. The molecule has 1 aliphatic heterocycles.